The predicted octanol–water partition coefficient (Wildman–Crippen LogP) is 0.788. The van der Waals surface area contributed by atoms with E-state index in [1.165, 1.54) is 0 Å². The molecule has 2 fully saturated rings. The van der Waals surface area contributed by atoms with Crippen LogP contribution in [-0.4, -0.2) is 60.9 Å². The number of carbonyl (C=O) groups is 3. The number of carbonyl (C=O) groups excluding carboxylic acids is 3. The fourth-order valence-corrected chi connectivity index (χ4v) is 3.69. The molecule has 2 atom stereocenters. The minimum absolute atomic E-state index is 0.00700. The van der Waals surface area contributed by atoms with Crippen molar-refractivity contribution in [1.82, 2.24) is 20.9 Å². The van der Waals surface area contributed by atoms with E-state index in [1.807, 2.05) is 18.7 Å². The summed E-state index contributed by atoms with van der Waals surface area (Å²) in [7, 11) is 0. The molecular weight excluding hydrogens is 332 g/mol. The zero-order chi connectivity index (χ0) is 18.9. The third kappa shape index (κ3) is 6.94. The molecule has 0 aromatic rings. The van der Waals surface area contributed by atoms with E-state index < -0.39 is 0 Å². The van der Waals surface area contributed by atoms with Crippen molar-refractivity contribution in [2.24, 2.45) is 5.92 Å². The fourth-order valence-electron chi connectivity index (χ4n) is 3.69. The van der Waals surface area contributed by atoms with Crippen LogP contribution in [0.3, 0.4) is 0 Å². The van der Waals surface area contributed by atoms with Crippen molar-refractivity contribution in [3.8, 4) is 0 Å². The normalized spacial score (nSPS) is 23.1. The molecule has 2 aliphatic rings. The highest BCUT2D eigenvalue weighted by Crippen LogP contribution is 2.17. The van der Waals surface area contributed by atoms with Gasteiger partial charge >= 0.3 is 0 Å². The maximum Gasteiger partial charge on any atom is 0.237 e. The third-order valence-corrected chi connectivity index (χ3v) is 5.06. The van der Waals surface area contributed by atoms with Crippen molar-refractivity contribution in [3.63, 3.8) is 0 Å². The number of amides is 3. The van der Waals surface area contributed by atoms with Gasteiger partial charge in [-0.3, -0.25) is 14.4 Å². The van der Waals surface area contributed by atoms with Crippen LogP contribution in [0.1, 0.15) is 58.8 Å². The van der Waals surface area contributed by atoms with Gasteiger partial charge < -0.3 is 20.9 Å². The Morgan fingerprint density at radius 2 is 1.96 bits per heavy atom. The van der Waals surface area contributed by atoms with Crippen molar-refractivity contribution in [2.75, 3.05) is 26.2 Å². The van der Waals surface area contributed by atoms with Gasteiger partial charge in [-0.1, -0.05) is 0 Å². The van der Waals surface area contributed by atoms with Crippen LogP contribution in [0.4, 0.5) is 0 Å². The number of hydrogen-bond donors (Lipinski definition) is 3. The van der Waals surface area contributed by atoms with Crippen LogP contribution < -0.4 is 16.0 Å². The second kappa shape index (κ2) is 10.5. The highest BCUT2D eigenvalue weighted by molar-refractivity contribution is 5.82. The van der Waals surface area contributed by atoms with Gasteiger partial charge in [-0.25, -0.2) is 0 Å². The first-order valence-electron chi connectivity index (χ1n) is 10.0. The van der Waals surface area contributed by atoms with Crippen LogP contribution in [0.15, 0.2) is 0 Å². The summed E-state index contributed by atoms with van der Waals surface area (Å²) >= 11 is 0. The first-order valence-corrected chi connectivity index (χ1v) is 10.0. The van der Waals surface area contributed by atoms with Gasteiger partial charge in [0.1, 0.15) is 0 Å². The Morgan fingerprint density at radius 3 is 2.65 bits per heavy atom. The summed E-state index contributed by atoms with van der Waals surface area (Å²) in [5.41, 5.74) is 0. The van der Waals surface area contributed by atoms with Crippen LogP contribution in [-0.2, 0) is 14.4 Å². The Kier molecular flexibility index (Phi) is 8.35. The smallest absolute Gasteiger partial charge is 0.237 e. The molecule has 7 nitrogen and oxygen atoms in total. The summed E-state index contributed by atoms with van der Waals surface area (Å²) in [6.45, 7) is 6.90. The summed E-state index contributed by atoms with van der Waals surface area (Å²) in [4.78, 5) is 38.0. The zero-order valence-corrected chi connectivity index (χ0v) is 16.2. The van der Waals surface area contributed by atoms with Gasteiger partial charge in [0, 0.05) is 38.5 Å². The topological polar surface area (TPSA) is 90.5 Å². The van der Waals surface area contributed by atoms with Crippen molar-refractivity contribution < 1.29 is 14.4 Å². The van der Waals surface area contributed by atoms with Crippen molar-refractivity contribution >= 4 is 17.7 Å². The van der Waals surface area contributed by atoms with E-state index in [2.05, 4.69) is 16.0 Å². The van der Waals surface area contributed by atoms with Crippen LogP contribution in [0.2, 0.25) is 0 Å². The van der Waals surface area contributed by atoms with E-state index in [0.717, 1.165) is 38.8 Å². The Balaban J connectivity index is 1.65. The summed E-state index contributed by atoms with van der Waals surface area (Å²) in [6.07, 6.45) is 5.37. The second-order valence-corrected chi connectivity index (χ2v) is 7.82. The molecule has 0 aliphatic carbocycles. The summed E-state index contributed by atoms with van der Waals surface area (Å²) in [5, 5.41) is 9.09. The van der Waals surface area contributed by atoms with Gasteiger partial charge in [0.2, 0.25) is 17.7 Å². The number of nitrogens with zero attached hydrogens (tertiary/aromatic N) is 1. The number of likely N-dealkylation sites (tertiary alicyclic amines) is 1. The van der Waals surface area contributed by atoms with Crippen molar-refractivity contribution in [2.45, 2.75) is 70.9 Å². The Labute approximate surface area is 156 Å². The molecule has 3 N–H and O–H groups in total. The lowest BCUT2D eigenvalue weighted by Gasteiger charge is -2.33. The van der Waals surface area contributed by atoms with Crippen molar-refractivity contribution in [3.05, 3.63) is 0 Å². The molecule has 0 aromatic heterocycles. The van der Waals surface area contributed by atoms with E-state index >= 15 is 0 Å². The third-order valence-electron chi connectivity index (χ3n) is 5.06. The first-order chi connectivity index (χ1) is 12.5. The lowest BCUT2D eigenvalue weighted by Crippen LogP contribution is -2.46. The molecule has 7 heteroatoms. The lowest BCUT2D eigenvalue weighted by atomic mass is 9.97. The van der Waals surface area contributed by atoms with Crippen LogP contribution >= 0.6 is 0 Å². The maximum absolute atomic E-state index is 12.4. The molecular formula is C19H34N4O3. The lowest BCUT2D eigenvalue weighted by molar-refractivity contribution is -0.133. The van der Waals surface area contributed by atoms with Gasteiger partial charge in [-0.15, -0.1) is 0 Å². The molecule has 2 saturated heterocycles. The molecule has 3 amide bonds. The molecule has 0 saturated carbocycles. The van der Waals surface area contributed by atoms with Gasteiger partial charge in [0.05, 0.1) is 6.04 Å². The quantitative estimate of drug-likeness (QED) is 0.592. The van der Waals surface area contributed by atoms with Gasteiger partial charge in [0.15, 0.2) is 0 Å². The molecule has 0 aromatic carbocycles. The van der Waals surface area contributed by atoms with Crippen LogP contribution in [0.5, 0.6) is 0 Å². The first kappa shape index (κ1) is 20.7. The molecule has 26 heavy (non-hydrogen) atoms. The molecule has 2 unspecified atom stereocenters. The van der Waals surface area contributed by atoms with E-state index in [9.17, 15) is 14.4 Å². The number of rotatable bonds is 8. The van der Waals surface area contributed by atoms with Gasteiger partial charge in [0.25, 0.3) is 0 Å². The molecule has 0 radical (unpaired) electrons. The van der Waals surface area contributed by atoms with Gasteiger partial charge in [-0.05, 0) is 58.4 Å². The molecule has 2 rings (SSSR count). The van der Waals surface area contributed by atoms with Crippen molar-refractivity contribution in [1.29, 1.82) is 0 Å². The highest BCUT2D eigenvalue weighted by atomic mass is 16.2. The predicted molar refractivity (Wildman–Crippen MR) is 100 cm³/mol. The summed E-state index contributed by atoms with van der Waals surface area (Å²) in [6, 6.07) is 0.0870. The number of piperidine rings is 1. The van der Waals surface area contributed by atoms with Gasteiger partial charge in [-0.2, -0.15) is 0 Å². The van der Waals surface area contributed by atoms with E-state index in [-0.39, 0.29) is 29.8 Å². The second-order valence-electron chi connectivity index (χ2n) is 7.82. The Bertz CT molecular complexity index is 489. The fraction of sp³-hybridized carbons (Fsp3) is 0.842. The average molecular weight is 367 g/mol. The Morgan fingerprint density at radius 1 is 1.15 bits per heavy atom. The highest BCUT2D eigenvalue weighted by Gasteiger charge is 2.26. The van der Waals surface area contributed by atoms with E-state index in [1.54, 1.807) is 0 Å². The Hall–Kier alpha value is -1.63. The number of hydrogen-bond acceptors (Lipinski definition) is 4. The van der Waals surface area contributed by atoms with Crippen LogP contribution in [0, 0.1) is 5.92 Å². The standard InChI is InChI=1S/C19H34N4O3/c1-14(2)22-17(24)8-3-9-18(25)23-11-5-6-15(13-23)12-21-19(26)16-7-4-10-20-16/h14-16,20H,3-13H2,1-2H3,(H,21,26)(H,22,24). The maximum atomic E-state index is 12.4. The monoisotopic (exact) mass is 366 g/mol. The minimum atomic E-state index is -0.0479. The number of nitrogens with one attached hydrogen (secondary N) is 3. The minimum Gasteiger partial charge on any atom is -0.354 e. The zero-order valence-electron chi connectivity index (χ0n) is 16.2. The summed E-state index contributed by atoms with van der Waals surface area (Å²) < 4.78 is 0. The molecule has 0 bridgehead atoms. The average Bonchev–Trinajstić information content (AvgIpc) is 3.14. The molecule has 148 valence electrons. The van der Waals surface area contributed by atoms with E-state index in [4.69, 9.17) is 0 Å². The molecule has 2 heterocycles. The summed E-state index contributed by atoms with van der Waals surface area (Å²) in [5.74, 6) is 0.535. The largest absolute Gasteiger partial charge is 0.354 e. The van der Waals surface area contributed by atoms with Crippen LogP contribution in [0.25, 0.3) is 0 Å². The molecule has 0 spiro atoms. The SMILES string of the molecule is CC(C)NC(=O)CCCC(=O)N1CCCC(CNC(=O)C2CCCN2)C1. The van der Waals surface area contributed by atoms with E-state index in [0.29, 0.717) is 38.3 Å². The molecule has 2 aliphatic heterocycles.